The number of fused-ring (bicyclic) bond motifs is 2. The summed E-state index contributed by atoms with van der Waals surface area (Å²) in [5, 5.41) is 4.42. The average Bonchev–Trinajstić information content (AvgIpc) is 3.37. The third kappa shape index (κ3) is 3.35. The Hall–Kier alpha value is -2.93. The number of amides is 1. The van der Waals surface area contributed by atoms with Crippen LogP contribution >= 0.6 is 0 Å². The van der Waals surface area contributed by atoms with Crippen LogP contribution in [0.3, 0.4) is 0 Å². The van der Waals surface area contributed by atoms with Crippen LogP contribution in [0.1, 0.15) is 23.2 Å². The number of methoxy groups -OCH3 is 1. The van der Waals surface area contributed by atoms with Crippen LogP contribution in [0.2, 0.25) is 0 Å². The van der Waals surface area contributed by atoms with Crippen LogP contribution in [0.15, 0.2) is 48.9 Å². The van der Waals surface area contributed by atoms with E-state index < -0.39 is 0 Å². The van der Waals surface area contributed by atoms with Gasteiger partial charge in [0.2, 0.25) is 0 Å². The van der Waals surface area contributed by atoms with Crippen LogP contribution in [-0.2, 0) is 4.74 Å². The molecule has 2 fully saturated rings. The molecule has 0 spiro atoms. The quantitative estimate of drug-likeness (QED) is 0.715. The lowest BCUT2D eigenvalue weighted by atomic mass is 9.77. The Balaban J connectivity index is 1.32. The van der Waals surface area contributed by atoms with E-state index in [1.807, 2.05) is 35.2 Å². The third-order valence-corrected chi connectivity index (χ3v) is 6.39. The number of likely N-dealkylation sites (tertiary alicyclic amines) is 1. The first-order chi connectivity index (χ1) is 14.2. The normalized spacial score (nSPS) is 26.4. The van der Waals surface area contributed by atoms with Crippen molar-refractivity contribution in [1.29, 1.82) is 0 Å². The average molecular weight is 391 g/mol. The van der Waals surface area contributed by atoms with E-state index in [1.54, 1.807) is 25.7 Å². The number of hydrogen-bond acceptors (Lipinski definition) is 5. The van der Waals surface area contributed by atoms with Crippen molar-refractivity contribution in [3.05, 3.63) is 54.5 Å². The van der Waals surface area contributed by atoms with Crippen molar-refractivity contribution in [2.24, 2.45) is 11.8 Å². The third-order valence-electron chi connectivity index (χ3n) is 6.39. The van der Waals surface area contributed by atoms with Crippen molar-refractivity contribution < 1.29 is 9.53 Å². The van der Waals surface area contributed by atoms with Gasteiger partial charge in [-0.05, 0) is 48.9 Å². The standard InChI is InChI=1S/C22H25N5O2/c1-29-19-10-15-13-27(22(28)17-11-25-21-16(17)5-4-8-24-21)12-14(15)9-18(19)26-20-6-2-3-7-23-20/h2-8,11,14-15,18-19H,9-10,12-13H2,1H3,(H,23,26)(H,24,25)/t14-,15+,18-,19-/m1/s1. The van der Waals surface area contributed by atoms with E-state index in [0.717, 1.165) is 42.8 Å². The lowest BCUT2D eigenvalue weighted by molar-refractivity contribution is 0.0304. The molecule has 4 atom stereocenters. The second-order valence-corrected chi connectivity index (χ2v) is 8.04. The smallest absolute Gasteiger partial charge is 0.256 e. The van der Waals surface area contributed by atoms with Gasteiger partial charge in [-0.3, -0.25) is 4.79 Å². The van der Waals surface area contributed by atoms with Gasteiger partial charge in [-0.15, -0.1) is 0 Å². The molecule has 2 N–H and O–H groups in total. The number of hydrogen-bond donors (Lipinski definition) is 2. The van der Waals surface area contributed by atoms with E-state index in [-0.39, 0.29) is 18.1 Å². The Morgan fingerprint density at radius 1 is 1.14 bits per heavy atom. The molecule has 2 aliphatic rings. The molecule has 1 amide bonds. The molecule has 5 rings (SSSR count). The zero-order valence-electron chi connectivity index (χ0n) is 16.4. The first-order valence-corrected chi connectivity index (χ1v) is 10.1. The maximum atomic E-state index is 13.2. The van der Waals surface area contributed by atoms with Crippen LogP contribution in [0.4, 0.5) is 5.82 Å². The molecule has 0 bridgehead atoms. The Bertz CT molecular complexity index is 1000. The summed E-state index contributed by atoms with van der Waals surface area (Å²) in [6, 6.07) is 9.89. The van der Waals surface area contributed by atoms with Gasteiger partial charge in [0.05, 0.1) is 17.7 Å². The summed E-state index contributed by atoms with van der Waals surface area (Å²) >= 11 is 0. The zero-order valence-corrected chi connectivity index (χ0v) is 16.4. The maximum Gasteiger partial charge on any atom is 0.256 e. The van der Waals surface area contributed by atoms with Crippen molar-refractivity contribution in [1.82, 2.24) is 19.9 Å². The molecule has 4 heterocycles. The van der Waals surface area contributed by atoms with E-state index >= 15 is 0 Å². The molecule has 1 aliphatic carbocycles. The molecule has 7 heteroatoms. The van der Waals surface area contributed by atoms with E-state index in [1.165, 1.54) is 0 Å². The number of anilines is 1. The second-order valence-electron chi connectivity index (χ2n) is 8.04. The Kier molecular flexibility index (Phi) is 4.67. The van der Waals surface area contributed by atoms with Gasteiger partial charge in [-0.25, -0.2) is 9.97 Å². The minimum Gasteiger partial charge on any atom is -0.379 e. The van der Waals surface area contributed by atoms with Crippen molar-refractivity contribution in [3.8, 4) is 0 Å². The van der Waals surface area contributed by atoms with Crippen LogP contribution in [0.5, 0.6) is 0 Å². The topological polar surface area (TPSA) is 83.1 Å². The van der Waals surface area contributed by atoms with Gasteiger partial charge in [0.15, 0.2) is 0 Å². The number of ether oxygens (including phenoxy) is 1. The van der Waals surface area contributed by atoms with Gasteiger partial charge in [-0.1, -0.05) is 6.07 Å². The highest BCUT2D eigenvalue weighted by atomic mass is 16.5. The van der Waals surface area contributed by atoms with E-state index in [4.69, 9.17) is 4.74 Å². The molecule has 0 radical (unpaired) electrons. The molecule has 0 unspecified atom stereocenters. The molecule has 3 aromatic rings. The Morgan fingerprint density at radius 2 is 1.97 bits per heavy atom. The summed E-state index contributed by atoms with van der Waals surface area (Å²) in [7, 11) is 1.77. The first-order valence-electron chi connectivity index (χ1n) is 10.1. The highest BCUT2D eigenvalue weighted by molar-refractivity contribution is 6.05. The molecule has 0 aromatic carbocycles. The molecule has 150 valence electrons. The number of nitrogens with zero attached hydrogens (tertiary/aromatic N) is 3. The van der Waals surface area contributed by atoms with Gasteiger partial charge < -0.3 is 19.9 Å². The van der Waals surface area contributed by atoms with E-state index in [2.05, 4.69) is 20.3 Å². The maximum absolute atomic E-state index is 13.2. The highest BCUT2D eigenvalue weighted by Crippen LogP contribution is 2.39. The van der Waals surface area contributed by atoms with Crippen LogP contribution < -0.4 is 5.32 Å². The van der Waals surface area contributed by atoms with Crippen LogP contribution in [0, 0.1) is 11.8 Å². The number of rotatable bonds is 4. The second kappa shape index (κ2) is 7.48. The summed E-state index contributed by atoms with van der Waals surface area (Å²) in [5.41, 5.74) is 1.46. The van der Waals surface area contributed by atoms with Gasteiger partial charge in [0, 0.05) is 44.2 Å². The van der Waals surface area contributed by atoms with Crippen molar-refractivity contribution in [3.63, 3.8) is 0 Å². The van der Waals surface area contributed by atoms with Gasteiger partial charge >= 0.3 is 0 Å². The summed E-state index contributed by atoms with van der Waals surface area (Å²) in [6.07, 6.45) is 7.35. The summed E-state index contributed by atoms with van der Waals surface area (Å²) in [4.78, 5) is 27.0. The minimum absolute atomic E-state index is 0.0850. The molecule has 29 heavy (non-hydrogen) atoms. The molecule has 3 aromatic heterocycles. The Labute approximate surface area is 169 Å². The molecular weight excluding hydrogens is 366 g/mol. The van der Waals surface area contributed by atoms with Crippen LogP contribution in [-0.4, -0.2) is 58.1 Å². The van der Waals surface area contributed by atoms with Crippen molar-refractivity contribution in [2.45, 2.75) is 25.0 Å². The number of pyridine rings is 2. The zero-order chi connectivity index (χ0) is 19.8. The summed E-state index contributed by atoms with van der Waals surface area (Å²) in [5.74, 6) is 1.89. The fourth-order valence-electron chi connectivity index (χ4n) is 4.93. The van der Waals surface area contributed by atoms with Gasteiger partial charge in [-0.2, -0.15) is 0 Å². The predicted octanol–water partition coefficient (Wildman–Crippen LogP) is 2.94. The fourth-order valence-corrected chi connectivity index (χ4v) is 4.93. The summed E-state index contributed by atoms with van der Waals surface area (Å²) in [6.45, 7) is 1.57. The SMILES string of the molecule is CO[C@@H]1C[C@H]2CN(C(=O)c3c[nH]c4ncccc34)C[C@H]2C[C@H]1Nc1ccccn1. The number of carbonyl (C=O) groups is 1. The molecule has 1 aliphatic heterocycles. The van der Waals surface area contributed by atoms with Crippen molar-refractivity contribution in [2.75, 3.05) is 25.5 Å². The number of carbonyl (C=O) groups excluding carboxylic acids is 1. The Morgan fingerprint density at radius 3 is 2.76 bits per heavy atom. The van der Waals surface area contributed by atoms with Gasteiger partial charge in [0.1, 0.15) is 11.5 Å². The number of H-pyrrole nitrogens is 1. The monoisotopic (exact) mass is 391 g/mol. The number of aromatic nitrogens is 3. The molecule has 1 saturated heterocycles. The number of aromatic amines is 1. The molecule has 7 nitrogen and oxygen atoms in total. The lowest BCUT2D eigenvalue weighted by Gasteiger charge is -2.37. The van der Waals surface area contributed by atoms with E-state index in [9.17, 15) is 4.79 Å². The number of nitrogens with one attached hydrogen (secondary N) is 2. The van der Waals surface area contributed by atoms with E-state index in [0.29, 0.717) is 17.4 Å². The van der Waals surface area contributed by atoms with Crippen LogP contribution in [0.25, 0.3) is 11.0 Å². The fraction of sp³-hybridized carbons (Fsp3) is 0.409. The summed E-state index contributed by atoms with van der Waals surface area (Å²) < 4.78 is 5.80. The molecule has 1 saturated carbocycles. The highest BCUT2D eigenvalue weighted by Gasteiger charge is 2.44. The lowest BCUT2D eigenvalue weighted by Crippen LogP contribution is -2.44. The van der Waals surface area contributed by atoms with Gasteiger partial charge in [0.25, 0.3) is 5.91 Å². The van der Waals surface area contributed by atoms with Crippen molar-refractivity contribution >= 4 is 22.8 Å². The first kappa shape index (κ1) is 18.1. The minimum atomic E-state index is 0.0850. The molecular formula is C22H25N5O2. The largest absolute Gasteiger partial charge is 0.379 e. The predicted molar refractivity (Wildman–Crippen MR) is 111 cm³/mol.